The Morgan fingerprint density at radius 3 is 2.42 bits per heavy atom. The molecule has 204 valence electrons. The number of carbonyl (C=O) groups excluding carboxylic acids is 1. The number of hydrogen-bond donors (Lipinski definition) is 1. The maximum absolute atomic E-state index is 13.0. The largest absolute Gasteiger partial charge is 0.508 e. The first-order valence-electron chi connectivity index (χ1n) is 13.4. The van der Waals surface area contributed by atoms with Crippen molar-refractivity contribution in [1.82, 2.24) is 4.90 Å². The minimum Gasteiger partial charge on any atom is -0.508 e. The summed E-state index contributed by atoms with van der Waals surface area (Å²) < 4.78 is 11.7. The van der Waals surface area contributed by atoms with E-state index in [1.165, 1.54) is 6.07 Å². The van der Waals surface area contributed by atoms with E-state index in [1.807, 2.05) is 39.0 Å². The second-order valence-electron chi connectivity index (χ2n) is 10.7. The number of Topliss-reactive ketones (excluding diaryl/α,β-unsaturated/α-hetero) is 1. The van der Waals surface area contributed by atoms with Crippen LogP contribution in [0.25, 0.3) is 11.0 Å². The summed E-state index contributed by atoms with van der Waals surface area (Å²) in [5, 5.41) is 10.9. The van der Waals surface area contributed by atoms with Gasteiger partial charge >= 0.3 is 5.63 Å². The maximum Gasteiger partial charge on any atom is 0.339 e. The number of rotatable bonds is 12. The fourth-order valence-corrected chi connectivity index (χ4v) is 4.68. The van der Waals surface area contributed by atoms with Crippen molar-refractivity contribution in [3.8, 4) is 11.5 Å². The molecule has 1 N–H and O–H groups in total. The number of fused-ring (bicyclic) bond motifs is 1. The van der Waals surface area contributed by atoms with E-state index >= 15 is 0 Å². The number of ether oxygens (including phenoxy) is 1. The minimum absolute atomic E-state index is 0.0787. The standard InChI is InChI=1S/C32H41NO5/c1-20(2)9-10-24-17-25(11-13-28(24)34)29(35)19-27-18-26-12-14-30(23(7)31(26)38-32(27)36)37-16-8-15-33(21(3)4)22(5)6/h9,11-14,17-18,21-22,34H,8,10,15-16,19H2,1-7H3. The molecule has 0 fully saturated rings. The zero-order chi connectivity index (χ0) is 28.0. The van der Waals surface area contributed by atoms with Gasteiger partial charge in [0.2, 0.25) is 0 Å². The average Bonchev–Trinajstić information content (AvgIpc) is 2.85. The third-order valence-electron chi connectivity index (χ3n) is 6.80. The van der Waals surface area contributed by atoms with Gasteiger partial charge in [0.25, 0.3) is 0 Å². The highest BCUT2D eigenvalue weighted by molar-refractivity contribution is 5.98. The lowest BCUT2D eigenvalue weighted by molar-refractivity contribution is 0.0992. The van der Waals surface area contributed by atoms with E-state index in [9.17, 15) is 14.7 Å². The van der Waals surface area contributed by atoms with Crippen LogP contribution in [0.3, 0.4) is 0 Å². The second kappa shape index (κ2) is 12.9. The lowest BCUT2D eigenvalue weighted by Gasteiger charge is -2.30. The van der Waals surface area contributed by atoms with Gasteiger partial charge in [0, 0.05) is 47.1 Å². The van der Waals surface area contributed by atoms with Crippen LogP contribution in [-0.4, -0.2) is 41.0 Å². The number of phenolic OH excluding ortho intramolecular Hbond substituents is 1. The highest BCUT2D eigenvalue weighted by Crippen LogP contribution is 2.28. The van der Waals surface area contributed by atoms with Gasteiger partial charge in [-0.3, -0.25) is 9.69 Å². The number of nitrogens with zero attached hydrogens (tertiary/aromatic N) is 1. The Bertz CT molecular complexity index is 1350. The molecule has 0 saturated heterocycles. The van der Waals surface area contributed by atoms with Crippen LogP contribution in [0.2, 0.25) is 0 Å². The number of ketones is 1. The molecule has 2 aromatic carbocycles. The summed E-state index contributed by atoms with van der Waals surface area (Å²) in [4.78, 5) is 28.2. The molecule has 0 aliphatic rings. The van der Waals surface area contributed by atoms with Crippen molar-refractivity contribution in [3.05, 3.63) is 80.7 Å². The van der Waals surface area contributed by atoms with Crippen LogP contribution in [0, 0.1) is 6.92 Å². The number of aromatic hydroxyl groups is 1. The molecule has 0 atom stereocenters. The SMILES string of the molecule is CC(C)=CCc1cc(C(=O)Cc2cc3ccc(OCCCN(C(C)C)C(C)C)c(C)c3oc2=O)ccc1O. The van der Waals surface area contributed by atoms with E-state index < -0.39 is 5.63 Å². The Balaban J connectivity index is 1.73. The van der Waals surface area contributed by atoms with Crippen molar-refractivity contribution in [2.24, 2.45) is 0 Å². The van der Waals surface area contributed by atoms with Gasteiger partial charge in [-0.15, -0.1) is 0 Å². The zero-order valence-electron chi connectivity index (χ0n) is 23.8. The van der Waals surface area contributed by atoms with Crippen molar-refractivity contribution >= 4 is 16.8 Å². The van der Waals surface area contributed by atoms with Crippen LogP contribution >= 0.6 is 0 Å². The molecule has 0 aliphatic heterocycles. The Morgan fingerprint density at radius 2 is 1.76 bits per heavy atom. The number of carbonyl (C=O) groups is 1. The zero-order valence-corrected chi connectivity index (χ0v) is 23.8. The van der Waals surface area contributed by atoms with E-state index in [-0.39, 0.29) is 18.0 Å². The van der Waals surface area contributed by atoms with Gasteiger partial charge in [0.15, 0.2) is 5.78 Å². The molecule has 3 aromatic rings. The summed E-state index contributed by atoms with van der Waals surface area (Å²) in [7, 11) is 0. The van der Waals surface area contributed by atoms with Crippen molar-refractivity contribution in [2.75, 3.05) is 13.2 Å². The molecule has 0 radical (unpaired) electrons. The molecule has 0 aliphatic carbocycles. The number of aryl methyl sites for hydroxylation is 1. The normalized spacial score (nSPS) is 11.5. The Morgan fingerprint density at radius 1 is 1.05 bits per heavy atom. The molecule has 38 heavy (non-hydrogen) atoms. The molecule has 0 bridgehead atoms. The fraction of sp³-hybridized carbons (Fsp3) is 0.438. The van der Waals surface area contributed by atoms with E-state index in [2.05, 4.69) is 32.6 Å². The topological polar surface area (TPSA) is 80.0 Å². The maximum atomic E-state index is 13.0. The fourth-order valence-electron chi connectivity index (χ4n) is 4.68. The lowest BCUT2D eigenvalue weighted by Crippen LogP contribution is -2.38. The van der Waals surface area contributed by atoms with E-state index in [0.29, 0.717) is 53.1 Å². The van der Waals surface area contributed by atoms with Gasteiger partial charge in [-0.2, -0.15) is 0 Å². The Kier molecular flexibility index (Phi) is 9.92. The molecule has 1 heterocycles. The summed E-state index contributed by atoms with van der Waals surface area (Å²) in [6, 6.07) is 11.2. The van der Waals surface area contributed by atoms with Crippen LogP contribution in [0.1, 0.15) is 75.0 Å². The monoisotopic (exact) mass is 519 g/mol. The lowest BCUT2D eigenvalue weighted by atomic mass is 9.99. The molecule has 1 aromatic heterocycles. The van der Waals surface area contributed by atoms with Crippen molar-refractivity contribution in [2.45, 2.75) is 79.8 Å². The van der Waals surface area contributed by atoms with Gasteiger partial charge in [-0.1, -0.05) is 11.6 Å². The van der Waals surface area contributed by atoms with E-state index in [4.69, 9.17) is 9.15 Å². The van der Waals surface area contributed by atoms with Crippen molar-refractivity contribution in [1.29, 1.82) is 0 Å². The predicted octanol–water partition coefficient (Wildman–Crippen LogP) is 6.63. The number of hydrogen-bond acceptors (Lipinski definition) is 6. The molecule has 0 spiro atoms. The third kappa shape index (κ3) is 7.35. The number of phenols is 1. The highest BCUT2D eigenvalue weighted by Gasteiger charge is 2.17. The average molecular weight is 520 g/mol. The first-order chi connectivity index (χ1) is 18.0. The molecule has 6 nitrogen and oxygen atoms in total. The molecule has 0 saturated carbocycles. The molecular weight excluding hydrogens is 478 g/mol. The molecular formula is C32H41NO5. The Hall–Kier alpha value is -3.38. The molecule has 0 unspecified atom stereocenters. The quantitative estimate of drug-likeness (QED) is 0.125. The van der Waals surface area contributed by atoms with Gasteiger partial charge in [-0.25, -0.2) is 4.79 Å². The van der Waals surface area contributed by atoms with Crippen LogP contribution in [0.5, 0.6) is 11.5 Å². The summed E-state index contributed by atoms with van der Waals surface area (Å²) in [6.45, 7) is 16.2. The van der Waals surface area contributed by atoms with Gasteiger partial charge in [0.05, 0.1) is 6.61 Å². The minimum atomic E-state index is -0.529. The molecule has 0 amide bonds. The first-order valence-corrected chi connectivity index (χ1v) is 13.4. The van der Waals surface area contributed by atoms with Crippen LogP contribution in [0.15, 0.2) is 57.3 Å². The van der Waals surface area contributed by atoms with Gasteiger partial charge < -0.3 is 14.3 Å². The number of benzene rings is 2. The van der Waals surface area contributed by atoms with Crippen LogP contribution < -0.4 is 10.4 Å². The summed E-state index contributed by atoms with van der Waals surface area (Å²) in [6.07, 6.45) is 3.34. The van der Waals surface area contributed by atoms with Crippen molar-refractivity contribution in [3.63, 3.8) is 0 Å². The summed E-state index contributed by atoms with van der Waals surface area (Å²) in [5.74, 6) is 0.636. The van der Waals surface area contributed by atoms with E-state index in [1.54, 1.807) is 18.2 Å². The van der Waals surface area contributed by atoms with Crippen LogP contribution in [0.4, 0.5) is 0 Å². The highest BCUT2D eigenvalue weighted by atomic mass is 16.5. The summed E-state index contributed by atoms with van der Waals surface area (Å²) >= 11 is 0. The van der Waals surface area contributed by atoms with Crippen LogP contribution in [-0.2, 0) is 12.8 Å². The second-order valence-corrected chi connectivity index (χ2v) is 10.7. The molecule has 6 heteroatoms. The molecule has 3 rings (SSSR count). The van der Waals surface area contributed by atoms with Gasteiger partial charge in [0.1, 0.15) is 17.1 Å². The van der Waals surface area contributed by atoms with E-state index in [0.717, 1.165) is 29.5 Å². The van der Waals surface area contributed by atoms with Crippen molar-refractivity contribution < 1.29 is 19.1 Å². The van der Waals surface area contributed by atoms with Gasteiger partial charge in [-0.05, 0) is 103 Å². The number of allylic oxidation sites excluding steroid dienone is 2. The third-order valence-corrected chi connectivity index (χ3v) is 6.80. The Labute approximate surface area is 225 Å². The predicted molar refractivity (Wildman–Crippen MR) is 154 cm³/mol. The smallest absolute Gasteiger partial charge is 0.339 e. The first kappa shape index (κ1) is 29.2. The summed E-state index contributed by atoms with van der Waals surface area (Å²) in [5.41, 5.74) is 3.27.